The Kier molecular flexibility index (Phi) is 5.44. The summed E-state index contributed by atoms with van der Waals surface area (Å²) in [7, 11) is 0. The topological polar surface area (TPSA) is 70.8 Å². The van der Waals surface area contributed by atoms with E-state index in [1.165, 1.54) is 0 Å². The van der Waals surface area contributed by atoms with Gasteiger partial charge in [0.1, 0.15) is 11.9 Å². The Morgan fingerprint density at radius 3 is 2.48 bits per heavy atom. The summed E-state index contributed by atoms with van der Waals surface area (Å²) in [5.41, 5.74) is 6.27. The average Bonchev–Trinajstić information content (AvgIpc) is 2.39. The van der Waals surface area contributed by atoms with Crippen LogP contribution in [0.25, 0.3) is 0 Å². The van der Waals surface area contributed by atoms with Crippen molar-refractivity contribution in [2.75, 3.05) is 12.3 Å². The molecule has 0 aromatic heterocycles. The summed E-state index contributed by atoms with van der Waals surface area (Å²) >= 11 is 0. The van der Waals surface area contributed by atoms with Crippen LogP contribution in [0.3, 0.4) is 0 Å². The first-order valence-electron chi connectivity index (χ1n) is 7.36. The zero-order chi connectivity index (χ0) is 15.2. The standard InChI is InChI=1S/C16H23NO4/c1-11-9-15(10-12(2)20-11)21-16(18)7-8-19-14-5-3-13(17)4-6-14/h3-6,11-12,15H,7-10,17H2,1-2H3. The van der Waals surface area contributed by atoms with Crippen LogP contribution in [-0.4, -0.2) is 30.9 Å². The monoisotopic (exact) mass is 293 g/mol. The minimum Gasteiger partial charge on any atom is -0.493 e. The van der Waals surface area contributed by atoms with Crippen molar-refractivity contribution in [2.45, 2.75) is 51.4 Å². The Morgan fingerprint density at radius 2 is 1.86 bits per heavy atom. The zero-order valence-electron chi connectivity index (χ0n) is 12.6. The molecular weight excluding hydrogens is 270 g/mol. The lowest BCUT2D eigenvalue weighted by molar-refractivity contribution is -0.160. The molecule has 0 radical (unpaired) electrons. The van der Waals surface area contributed by atoms with E-state index < -0.39 is 0 Å². The van der Waals surface area contributed by atoms with Gasteiger partial charge in [-0.15, -0.1) is 0 Å². The number of ether oxygens (including phenoxy) is 3. The van der Waals surface area contributed by atoms with Gasteiger partial charge in [0.15, 0.2) is 0 Å². The van der Waals surface area contributed by atoms with E-state index in [1.54, 1.807) is 24.3 Å². The first kappa shape index (κ1) is 15.6. The van der Waals surface area contributed by atoms with E-state index in [1.807, 2.05) is 13.8 Å². The lowest BCUT2D eigenvalue weighted by atomic mass is 10.0. The maximum atomic E-state index is 11.8. The van der Waals surface area contributed by atoms with Crippen molar-refractivity contribution in [3.63, 3.8) is 0 Å². The summed E-state index contributed by atoms with van der Waals surface area (Å²) < 4.78 is 16.6. The van der Waals surface area contributed by atoms with Gasteiger partial charge in [-0.05, 0) is 38.1 Å². The number of carbonyl (C=O) groups excluding carboxylic acids is 1. The predicted octanol–water partition coefficient (Wildman–Crippen LogP) is 2.54. The van der Waals surface area contributed by atoms with E-state index in [9.17, 15) is 4.79 Å². The molecule has 1 aliphatic rings. The number of anilines is 1. The second kappa shape index (κ2) is 7.31. The second-order valence-corrected chi connectivity index (χ2v) is 5.51. The number of benzene rings is 1. The highest BCUT2D eigenvalue weighted by atomic mass is 16.6. The predicted molar refractivity (Wildman–Crippen MR) is 80.1 cm³/mol. The van der Waals surface area contributed by atoms with Gasteiger partial charge < -0.3 is 19.9 Å². The van der Waals surface area contributed by atoms with Gasteiger partial charge in [-0.25, -0.2) is 0 Å². The minimum absolute atomic E-state index is 0.0484. The van der Waals surface area contributed by atoms with Crippen LogP contribution in [-0.2, 0) is 14.3 Å². The van der Waals surface area contributed by atoms with Crippen LogP contribution in [0.5, 0.6) is 5.75 Å². The van der Waals surface area contributed by atoms with E-state index in [2.05, 4.69) is 0 Å². The van der Waals surface area contributed by atoms with Crippen LogP contribution < -0.4 is 10.5 Å². The quantitative estimate of drug-likeness (QED) is 0.667. The molecule has 2 rings (SSSR count). The van der Waals surface area contributed by atoms with Crippen LogP contribution in [0.4, 0.5) is 5.69 Å². The third-order valence-corrected chi connectivity index (χ3v) is 3.41. The van der Waals surface area contributed by atoms with Gasteiger partial charge in [0, 0.05) is 18.5 Å². The number of carbonyl (C=O) groups is 1. The third-order valence-electron chi connectivity index (χ3n) is 3.41. The summed E-state index contributed by atoms with van der Waals surface area (Å²) in [4.78, 5) is 11.8. The number of hydrogen-bond acceptors (Lipinski definition) is 5. The third kappa shape index (κ3) is 5.27. The van der Waals surface area contributed by atoms with E-state index in [0.29, 0.717) is 18.0 Å². The molecular formula is C16H23NO4. The largest absolute Gasteiger partial charge is 0.493 e. The highest BCUT2D eigenvalue weighted by molar-refractivity contribution is 5.69. The summed E-state index contributed by atoms with van der Waals surface area (Å²) in [5, 5.41) is 0. The van der Waals surface area contributed by atoms with Gasteiger partial charge in [-0.2, -0.15) is 0 Å². The van der Waals surface area contributed by atoms with Gasteiger partial charge in [-0.1, -0.05) is 0 Å². The molecule has 2 N–H and O–H groups in total. The zero-order valence-corrected chi connectivity index (χ0v) is 12.6. The van der Waals surface area contributed by atoms with Gasteiger partial charge in [0.05, 0.1) is 25.2 Å². The Balaban J connectivity index is 1.68. The van der Waals surface area contributed by atoms with E-state index >= 15 is 0 Å². The van der Waals surface area contributed by atoms with Gasteiger partial charge in [0.25, 0.3) is 0 Å². The molecule has 0 saturated carbocycles. The van der Waals surface area contributed by atoms with Crippen molar-refractivity contribution in [3.05, 3.63) is 24.3 Å². The highest BCUT2D eigenvalue weighted by Gasteiger charge is 2.27. The molecule has 0 amide bonds. The van der Waals surface area contributed by atoms with Crippen molar-refractivity contribution in [3.8, 4) is 5.75 Å². The Labute approximate surface area is 125 Å². The highest BCUT2D eigenvalue weighted by Crippen LogP contribution is 2.22. The molecule has 0 bridgehead atoms. The number of rotatable bonds is 5. The molecule has 2 unspecified atom stereocenters. The maximum absolute atomic E-state index is 11.8. The normalized spacial score (nSPS) is 25.3. The van der Waals surface area contributed by atoms with Gasteiger partial charge in [-0.3, -0.25) is 4.79 Å². The Bertz CT molecular complexity index is 450. The molecule has 1 fully saturated rings. The molecule has 2 atom stereocenters. The summed E-state index contributed by atoms with van der Waals surface area (Å²) in [6, 6.07) is 7.09. The minimum atomic E-state index is -0.225. The lowest BCUT2D eigenvalue weighted by Crippen LogP contribution is -2.35. The van der Waals surface area contributed by atoms with Crippen LogP contribution in [0.1, 0.15) is 33.1 Å². The molecule has 5 nitrogen and oxygen atoms in total. The van der Waals surface area contributed by atoms with Crippen molar-refractivity contribution in [1.29, 1.82) is 0 Å². The molecule has 0 aliphatic carbocycles. The van der Waals surface area contributed by atoms with Crippen molar-refractivity contribution >= 4 is 11.7 Å². The summed E-state index contributed by atoms with van der Waals surface area (Å²) in [6.45, 7) is 4.30. The van der Waals surface area contributed by atoms with Crippen LogP contribution >= 0.6 is 0 Å². The Morgan fingerprint density at radius 1 is 1.24 bits per heavy atom. The summed E-state index contributed by atoms with van der Waals surface area (Å²) in [5.74, 6) is 0.474. The van der Waals surface area contributed by atoms with E-state index in [-0.39, 0.29) is 30.7 Å². The Hall–Kier alpha value is -1.75. The molecule has 5 heteroatoms. The van der Waals surface area contributed by atoms with Gasteiger partial charge in [0.2, 0.25) is 0 Å². The molecule has 1 heterocycles. The van der Waals surface area contributed by atoms with Crippen molar-refractivity contribution in [1.82, 2.24) is 0 Å². The molecule has 1 aliphatic heterocycles. The smallest absolute Gasteiger partial charge is 0.309 e. The van der Waals surface area contributed by atoms with E-state index in [4.69, 9.17) is 19.9 Å². The van der Waals surface area contributed by atoms with Crippen LogP contribution in [0, 0.1) is 0 Å². The number of hydrogen-bond donors (Lipinski definition) is 1. The average molecular weight is 293 g/mol. The van der Waals surface area contributed by atoms with Crippen LogP contribution in [0.15, 0.2) is 24.3 Å². The number of nitrogen functional groups attached to an aromatic ring is 1. The van der Waals surface area contributed by atoms with Crippen LogP contribution in [0.2, 0.25) is 0 Å². The molecule has 1 aromatic rings. The molecule has 0 spiro atoms. The molecule has 21 heavy (non-hydrogen) atoms. The van der Waals surface area contributed by atoms with Crippen molar-refractivity contribution < 1.29 is 19.0 Å². The first-order valence-corrected chi connectivity index (χ1v) is 7.36. The molecule has 116 valence electrons. The first-order chi connectivity index (χ1) is 10.0. The fourth-order valence-electron chi connectivity index (χ4n) is 2.50. The van der Waals surface area contributed by atoms with Crippen molar-refractivity contribution in [2.24, 2.45) is 0 Å². The molecule has 1 saturated heterocycles. The van der Waals surface area contributed by atoms with E-state index in [0.717, 1.165) is 12.8 Å². The maximum Gasteiger partial charge on any atom is 0.309 e. The number of esters is 1. The fraction of sp³-hybridized carbons (Fsp3) is 0.562. The summed E-state index contributed by atoms with van der Waals surface area (Å²) in [6.07, 6.45) is 1.98. The molecule has 1 aromatic carbocycles. The second-order valence-electron chi connectivity index (χ2n) is 5.51. The number of nitrogens with two attached hydrogens (primary N) is 1. The van der Waals surface area contributed by atoms with Gasteiger partial charge >= 0.3 is 5.97 Å². The SMILES string of the molecule is CC1CC(OC(=O)CCOc2ccc(N)cc2)CC(C)O1. The lowest BCUT2D eigenvalue weighted by Gasteiger charge is -2.31. The fourth-order valence-corrected chi connectivity index (χ4v) is 2.50.